The molecule has 0 aliphatic carbocycles. The van der Waals surface area contributed by atoms with Gasteiger partial charge >= 0.3 is 11.8 Å². The summed E-state index contributed by atoms with van der Waals surface area (Å²) in [5.41, 5.74) is 1.53. The molecule has 3 aromatic carbocycles. The van der Waals surface area contributed by atoms with E-state index in [1.165, 1.54) is 12.1 Å². The Morgan fingerprint density at radius 2 is 1.79 bits per heavy atom. The quantitative estimate of drug-likeness (QED) is 0.365. The van der Waals surface area contributed by atoms with Gasteiger partial charge in [0.25, 0.3) is 0 Å². The summed E-state index contributed by atoms with van der Waals surface area (Å²) in [6.45, 7) is 0.297. The highest BCUT2D eigenvalue weighted by Gasteiger charge is 2.31. The van der Waals surface area contributed by atoms with Crippen molar-refractivity contribution in [1.82, 2.24) is 0 Å². The van der Waals surface area contributed by atoms with E-state index in [9.17, 15) is 18.0 Å². The van der Waals surface area contributed by atoms with Crippen LogP contribution in [0.25, 0.3) is 22.1 Å². The number of benzene rings is 3. The summed E-state index contributed by atoms with van der Waals surface area (Å²) in [4.78, 5) is 14.1. The highest BCUT2D eigenvalue weighted by molar-refractivity contribution is 5.96. The second kappa shape index (κ2) is 7.88. The summed E-state index contributed by atoms with van der Waals surface area (Å²) in [6.07, 6.45) is -4.45. The van der Waals surface area contributed by atoms with Crippen LogP contribution in [0.2, 0.25) is 0 Å². The van der Waals surface area contributed by atoms with E-state index in [2.05, 4.69) is 0 Å². The van der Waals surface area contributed by atoms with Crippen LogP contribution in [0.1, 0.15) is 11.1 Å². The van der Waals surface area contributed by atoms with Crippen LogP contribution in [0.4, 0.5) is 18.9 Å². The Balaban J connectivity index is 1.59. The summed E-state index contributed by atoms with van der Waals surface area (Å²) in [5, 5.41) is 0.702. The molecule has 0 unspecified atom stereocenters. The van der Waals surface area contributed by atoms with Crippen molar-refractivity contribution in [1.29, 1.82) is 0 Å². The van der Waals surface area contributed by atoms with Crippen LogP contribution in [0.15, 0.2) is 75.9 Å². The zero-order valence-corrected chi connectivity index (χ0v) is 17.5. The molecule has 1 aliphatic heterocycles. The lowest BCUT2D eigenvalue weighted by Gasteiger charge is -2.31. The van der Waals surface area contributed by atoms with Gasteiger partial charge < -0.3 is 18.8 Å². The summed E-state index contributed by atoms with van der Waals surface area (Å²) >= 11 is 0. The molecule has 0 spiro atoms. The zero-order chi connectivity index (χ0) is 23.2. The largest absolute Gasteiger partial charge is 0.497 e. The number of anilines is 1. The lowest BCUT2D eigenvalue weighted by molar-refractivity contribution is -0.137. The molecule has 0 saturated carbocycles. The van der Waals surface area contributed by atoms with Gasteiger partial charge in [0.05, 0.1) is 24.8 Å². The van der Waals surface area contributed by atoms with E-state index in [0.29, 0.717) is 39.3 Å². The predicted molar refractivity (Wildman–Crippen MR) is 118 cm³/mol. The molecule has 0 fully saturated rings. The molecule has 168 valence electrons. The summed E-state index contributed by atoms with van der Waals surface area (Å²) in [5.74, 6) is 1.22. The minimum atomic E-state index is -4.45. The van der Waals surface area contributed by atoms with E-state index in [0.717, 1.165) is 17.7 Å². The number of nitrogens with zero attached hydrogens (tertiary/aromatic N) is 1. The predicted octanol–water partition coefficient (Wildman–Crippen LogP) is 5.84. The Morgan fingerprint density at radius 3 is 2.52 bits per heavy atom. The summed E-state index contributed by atoms with van der Waals surface area (Å²) in [7, 11) is 1.57. The van der Waals surface area contributed by atoms with Crippen molar-refractivity contribution in [3.8, 4) is 22.6 Å². The first-order valence-corrected chi connectivity index (χ1v) is 10.1. The number of halogens is 3. The molecule has 0 radical (unpaired) electrons. The third-order valence-corrected chi connectivity index (χ3v) is 5.64. The van der Waals surface area contributed by atoms with Crippen LogP contribution in [-0.4, -0.2) is 13.8 Å². The molecule has 8 heteroatoms. The smallest absolute Gasteiger partial charge is 0.416 e. The van der Waals surface area contributed by atoms with Crippen molar-refractivity contribution in [2.24, 2.45) is 0 Å². The average Bonchev–Trinajstić information content (AvgIpc) is 2.83. The van der Waals surface area contributed by atoms with Gasteiger partial charge in [0, 0.05) is 17.1 Å². The Hall–Kier alpha value is -3.94. The number of hydrogen-bond donors (Lipinski definition) is 0. The van der Waals surface area contributed by atoms with Crippen LogP contribution in [-0.2, 0) is 12.7 Å². The number of fused-ring (bicyclic) bond motifs is 3. The van der Waals surface area contributed by atoms with Crippen molar-refractivity contribution in [3.05, 3.63) is 88.3 Å². The van der Waals surface area contributed by atoms with E-state index >= 15 is 0 Å². The third kappa shape index (κ3) is 3.88. The molecular weight excluding hydrogens is 435 g/mol. The molecule has 1 aliphatic rings. The van der Waals surface area contributed by atoms with E-state index in [4.69, 9.17) is 13.9 Å². The van der Waals surface area contributed by atoms with Crippen molar-refractivity contribution in [3.63, 3.8) is 0 Å². The van der Waals surface area contributed by atoms with E-state index in [1.807, 2.05) is 18.2 Å². The Labute approximate surface area is 186 Å². The van der Waals surface area contributed by atoms with Crippen LogP contribution >= 0.6 is 0 Å². The standard InChI is InChI=1S/C25H18F3NO4/c1-31-18-7-5-15(6-8-18)20-12-23(30)33-24-19(20)9-10-22-21(24)13-29(14-32-22)17-4-2-3-16(11-17)25(26,27)28/h2-12H,13-14H2,1H3. The molecule has 4 aromatic rings. The first kappa shape index (κ1) is 20.9. The van der Waals surface area contributed by atoms with E-state index < -0.39 is 17.4 Å². The fourth-order valence-electron chi connectivity index (χ4n) is 3.99. The van der Waals surface area contributed by atoms with Gasteiger partial charge in [-0.05, 0) is 53.6 Å². The normalized spacial score (nSPS) is 13.5. The molecule has 0 atom stereocenters. The molecule has 2 heterocycles. The Kier molecular flexibility index (Phi) is 5.00. The maximum atomic E-state index is 13.2. The summed E-state index contributed by atoms with van der Waals surface area (Å²) < 4.78 is 56.1. The molecule has 5 nitrogen and oxygen atoms in total. The van der Waals surface area contributed by atoms with Gasteiger partial charge in [-0.3, -0.25) is 0 Å². The van der Waals surface area contributed by atoms with Crippen LogP contribution < -0.4 is 20.0 Å². The van der Waals surface area contributed by atoms with E-state index in [-0.39, 0.29) is 13.3 Å². The molecule has 0 N–H and O–H groups in total. The number of alkyl halides is 3. The van der Waals surface area contributed by atoms with Gasteiger partial charge in [0.2, 0.25) is 0 Å². The maximum absolute atomic E-state index is 13.2. The Morgan fingerprint density at radius 1 is 1.00 bits per heavy atom. The topological polar surface area (TPSA) is 51.9 Å². The zero-order valence-electron chi connectivity index (χ0n) is 17.5. The lowest BCUT2D eigenvalue weighted by atomic mass is 9.99. The number of methoxy groups -OCH3 is 1. The third-order valence-electron chi connectivity index (χ3n) is 5.64. The first-order chi connectivity index (χ1) is 15.8. The fraction of sp³-hybridized carbons (Fsp3) is 0.160. The second-order valence-corrected chi connectivity index (χ2v) is 7.65. The molecule has 0 bridgehead atoms. The Bertz CT molecular complexity index is 1390. The maximum Gasteiger partial charge on any atom is 0.416 e. The van der Waals surface area contributed by atoms with Gasteiger partial charge in [-0.2, -0.15) is 13.2 Å². The van der Waals surface area contributed by atoms with Gasteiger partial charge in [-0.25, -0.2) is 4.79 Å². The van der Waals surface area contributed by atoms with Gasteiger partial charge in [0.15, 0.2) is 6.73 Å². The average molecular weight is 453 g/mol. The molecule has 0 amide bonds. The van der Waals surface area contributed by atoms with E-state index in [1.54, 1.807) is 36.3 Å². The number of rotatable bonds is 3. The first-order valence-electron chi connectivity index (χ1n) is 10.1. The second-order valence-electron chi connectivity index (χ2n) is 7.65. The van der Waals surface area contributed by atoms with Crippen LogP contribution in [0.3, 0.4) is 0 Å². The molecule has 1 aromatic heterocycles. The van der Waals surface area contributed by atoms with Crippen LogP contribution in [0.5, 0.6) is 11.5 Å². The highest BCUT2D eigenvalue weighted by Crippen LogP contribution is 2.38. The van der Waals surface area contributed by atoms with Crippen molar-refractivity contribution >= 4 is 16.7 Å². The number of ether oxygens (including phenoxy) is 2. The van der Waals surface area contributed by atoms with Crippen LogP contribution in [0, 0.1) is 0 Å². The van der Waals surface area contributed by atoms with Gasteiger partial charge in [-0.15, -0.1) is 0 Å². The number of hydrogen-bond acceptors (Lipinski definition) is 5. The lowest BCUT2D eigenvalue weighted by Crippen LogP contribution is -2.32. The highest BCUT2D eigenvalue weighted by atomic mass is 19.4. The molecular formula is C25H18F3NO4. The van der Waals surface area contributed by atoms with Gasteiger partial charge in [-0.1, -0.05) is 18.2 Å². The van der Waals surface area contributed by atoms with Crippen molar-refractivity contribution in [2.75, 3.05) is 18.7 Å². The van der Waals surface area contributed by atoms with Gasteiger partial charge in [0.1, 0.15) is 17.1 Å². The summed E-state index contributed by atoms with van der Waals surface area (Å²) in [6, 6.07) is 17.4. The molecule has 33 heavy (non-hydrogen) atoms. The monoisotopic (exact) mass is 453 g/mol. The fourth-order valence-corrected chi connectivity index (χ4v) is 3.99. The van der Waals surface area contributed by atoms with Crippen molar-refractivity contribution in [2.45, 2.75) is 12.7 Å². The molecule has 5 rings (SSSR count). The minimum absolute atomic E-state index is 0.0716. The minimum Gasteiger partial charge on any atom is -0.497 e. The molecule has 0 saturated heterocycles. The van der Waals surface area contributed by atoms with Crippen molar-refractivity contribution < 1.29 is 27.1 Å². The SMILES string of the molecule is COc1ccc(-c2cc(=O)oc3c4c(ccc23)OCN(c2cccc(C(F)(F)F)c2)C4)cc1.